The van der Waals surface area contributed by atoms with Crippen molar-refractivity contribution in [1.29, 1.82) is 0 Å². The third-order valence-corrected chi connectivity index (χ3v) is 4.86. The summed E-state index contributed by atoms with van der Waals surface area (Å²) in [6.07, 6.45) is -4.33. The molecule has 3 rings (SSSR count). The molecule has 0 unspecified atom stereocenters. The van der Waals surface area contributed by atoms with Crippen molar-refractivity contribution >= 4 is 12.2 Å². The lowest BCUT2D eigenvalue weighted by Gasteiger charge is -2.23. The first kappa shape index (κ1) is 21.1. The molecule has 1 heterocycles. The van der Waals surface area contributed by atoms with Crippen LogP contribution < -0.4 is 4.74 Å². The van der Waals surface area contributed by atoms with E-state index in [0.717, 1.165) is 11.1 Å². The maximum absolute atomic E-state index is 13.1. The maximum Gasteiger partial charge on any atom is 0.401 e. The number of ether oxygens (including phenoxy) is 1. The van der Waals surface area contributed by atoms with E-state index in [2.05, 4.69) is 5.10 Å². The molecular weight excluding hydrogens is 401 g/mol. The molecule has 0 atom stereocenters. The third kappa shape index (κ3) is 5.45. The van der Waals surface area contributed by atoms with Crippen LogP contribution in [0.2, 0.25) is 0 Å². The highest BCUT2D eigenvalue weighted by molar-refractivity contribution is 7.71. The van der Waals surface area contributed by atoms with Crippen molar-refractivity contribution < 1.29 is 17.9 Å². The molecule has 2 aromatic carbocycles. The van der Waals surface area contributed by atoms with Crippen molar-refractivity contribution in [2.24, 2.45) is 7.05 Å². The topological polar surface area (TPSA) is 35.2 Å². The molecule has 0 fully saturated rings. The fourth-order valence-electron chi connectivity index (χ4n) is 3.01. The lowest BCUT2D eigenvalue weighted by Crippen LogP contribution is -2.35. The summed E-state index contributed by atoms with van der Waals surface area (Å²) < 4.78 is 48.0. The van der Waals surface area contributed by atoms with Gasteiger partial charge in [-0.3, -0.25) is 4.90 Å². The standard InChI is InChI=1S/C20H21F3N4OS/c1-25-18(16-8-10-17(28-2)11-9-16)24-27(19(25)29)14-26(13-20(21,22)23)12-15-6-4-3-5-7-15/h3-11H,12-14H2,1-2H3. The highest BCUT2D eigenvalue weighted by Gasteiger charge is 2.31. The second-order valence-electron chi connectivity index (χ2n) is 6.62. The molecule has 0 spiro atoms. The fourth-order valence-corrected chi connectivity index (χ4v) is 3.20. The van der Waals surface area contributed by atoms with Crippen LogP contribution in [-0.4, -0.2) is 39.1 Å². The summed E-state index contributed by atoms with van der Waals surface area (Å²) >= 11 is 5.42. The zero-order valence-electron chi connectivity index (χ0n) is 16.1. The van der Waals surface area contributed by atoms with Crippen LogP contribution in [0.5, 0.6) is 5.75 Å². The van der Waals surface area contributed by atoms with Crippen molar-refractivity contribution in [3.63, 3.8) is 0 Å². The van der Waals surface area contributed by atoms with E-state index >= 15 is 0 Å². The second-order valence-corrected chi connectivity index (χ2v) is 6.99. The number of methoxy groups -OCH3 is 1. The number of hydrogen-bond acceptors (Lipinski definition) is 4. The molecule has 3 aromatic rings. The number of aromatic nitrogens is 3. The van der Waals surface area contributed by atoms with Crippen molar-refractivity contribution in [1.82, 2.24) is 19.2 Å². The molecule has 0 saturated heterocycles. The molecular formula is C20H21F3N4OS. The van der Waals surface area contributed by atoms with E-state index in [-0.39, 0.29) is 13.2 Å². The summed E-state index contributed by atoms with van der Waals surface area (Å²) in [6, 6.07) is 16.3. The van der Waals surface area contributed by atoms with Gasteiger partial charge in [-0.05, 0) is 42.0 Å². The van der Waals surface area contributed by atoms with Crippen LogP contribution >= 0.6 is 12.2 Å². The normalized spacial score (nSPS) is 11.8. The van der Waals surface area contributed by atoms with Crippen LogP contribution in [0.1, 0.15) is 5.56 Å². The van der Waals surface area contributed by atoms with Crippen LogP contribution in [0.15, 0.2) is 54.6 Å². The Morgan fingerprint density at radius 2 is 1.72 bits per heavy atom. The second kappa shape index (κ2) is 8.79. The van der Waals surface area contributed by atoms with E-state index in [1.807, 2.05) is 18.2 Å². The Kier molecular flexibility index (Phi) is 6.39. The van der Waals surface area contributed by atoms with E-state index in [4.69, 9.17) is 17.0 Å². The number of nitrogens with zero attached hydrogens (tertiary/aromatic N) is 4. The van der Waals surface area contributed by atoms with Crippen LogP contribution in [0.25, 0.3) is 11.4 Å². The molecule has 9 heteroatoms. The molecule has 0 bridgehead atoms. The van der Waals surface area contributed by atoms with E-state index in [1.54, 1.807) is 55.1 Å². The molecule has 0 aliphatic carbocycles. The predicted molar refractivity (Wildman–Crippen MR) is 107 cm³/mol. The average Bonchev–Trinajstić information content (AvgIpc) is 2.96. The predicted octanol–water partition coefficient (Wildman–Crippen LogP) is 4.65. The van der Waals surface area contributed by atoms with Gasteiger partial charge in [-0.15, -0.1) is 0 Å². The minimum atomic E-state index is -4.33. The van der Waals surface area contributed by atoms with Crippen LogP contribution in [0.4, 0.5) is 13.2 Å². The summed E-state index contributed by atoms with van der Waals surface area (Å²) in [5.41, 5.74) is 1.58. The Morgan fingerprint density at radius 1 is 1.07 bits per heavy atom. The van der Waals surface area contributed by atoms with Gasteiger partial charge in [0.25, 0.3) is 0 Å². The van der Waals surface area contributed by atoms with Gasteiger partial charge >= 0.3 is 6.18 Å². The van der Waals surface area contributed by atoms with E-state index in [9.17, 15) is 13.2 Å². The quantitative estimate of drug-likeness (QED) is 0.520. The van der Waals surface area contributed by atoms with Gasteiger partial charge in [0.1, 0.15) is 5.75 Å². The first-order chi connectivity index (χ1) is 13.8. The van der Waals surface area contributed by atoms with Crippen molar-refractivity contribution in [3.05, 3.63) is 64.9 Å². The van der Waals surface area contributed by atoms with Gasteiger partial charge in [-0.2, -0.15) is 18.3 Å². The number of halogens is 3. The van der Waals surface area contributed by atoms with Gasteiger partial charge in [0.05, 0.1) is 20.3 Å². The molecule has 0 aliphatic heterocycles. The van der Waals surface area contributed by atoms with Gasteiger partial charge in [0, 0.05) is 19.2 Å². The summed E-state index contributed by atoms with van der Waals surface area (Å²) in [4.78, 5) is 1.27. The highest BCUT2D eigenvalue weighted by atomic mass is 32.1. The minimum absolute atomic E-state index is 0.0722. The number of alkyl halides is 3. The maximum atomic E-state index is 13.1. The summed E-state index contributed by atoms with van der Waals surface area (Å²) in [5, 5.41) is 4.47. The molecule has 154 valence electrons. The molecule has 1 aromatic heterocycles. The van der Waals surface area contributed by atoms with Gasteiger partial charge in [0.2, 0.25) is 0 Å². The first-order valence-electron chi connectivity index (χ1n) is 8.88. The SMILES string of the molecule is COc1ccc(-c2nn(CN(Cc3ccccc3)CC(F)(F)F)c(=S)n2C)cc1. The van der Waals surface area contributed by atoms with E-state index in [0.29, 0.717) is 16.3 Å². The summed E-state index contributed by atoms with van der Waals surface area (Å²) in [6.45, 7) is -0.994. The molecule has 29 heavy (non-hydrogen) atoms. The van der Waals surface area contributed by atoms with Crippen molar-refractivity contribution in [3.8, 4) is 17.1 Å². The zero-order valence-corrected chi connectivity index (χ0v) is 16.9. The molecule has 0 N–H and O–H groups in total. The van der Waals surface area contributed by atoms with Gasteiger partial charge in [-0.25, -0.2) is 4.68 Å². The van der Waals surface area contributed by atoms with Crippen LogP contribution in [0.3, 0.4) is 0 Å². The Labute approximate surface area is 172 Å². The van der Waals surface area contributed by atoms with Gasteiger partial charge < -0.3 is 9.30 Å². The van der Waals surface area contributed by atoms with E-state index < -0.39 is 12.7 Å². The molecule has 5 nitrogen and oxygen atoms in total. The average molecular weight is 422 g/mol. The number of rotatable bonds is 7. The van der Waals surface area contributed by atoms with E-state index in [1.165, 1.54) is 9.58 Å². The number of hydrogen-bond donors (Lipinski definition) is 0. The van der Waals surface area contributed by atoms with Crippen molar-refractivity contribution in [2.45, 2.75) is 19.4 Å². The third-order valence-electron chi connectivity index (χ3n) is 4.37. The van der Waals surface area contributed by atoms with Crippen molar-refractivity contribution in [2.75, 3.05) is 13.7 Å². The lowest BCUT2D eigenvalue weighted by atomic mass is 10.2. The lowest BCUT2D eigenvalue weighted by molar-refractivity contribution is -0.151. The Bertz CT molecular complexity index is 997. The Balaban J connectivity index is 1.88. The summed E-state index contributed by atoms with van der Waals surface area (Å²) in [5.74, 6) is 1.28. The summed E-state index contributed by atoms with van der Waals surface area (Å²) in [7, 11) is 3.32. The van der Waals surface area contributed by atoms with Gasteiger partial charge in [0.15, 0.2) is 10.6 Å². The van der Waals surface area contributed by atoms with Gasteiger partial charge in [-0.1, -0.05) is 30.3 Å². The smallest absolute Gasteiger partial charge is 0.401 e. The Hall–Kier alpha value is -2.65. The molecule has 0 radical (unpaired) electrons. The highest BCUT2D eigenvalue weighted by Crippen LogP contribution is 2.22. The Morgan fingerprint density at radius 3 is 2.31 bits per heavy atom. The monoisotopic (exact) mass is 422 g/mol. The largest absolute Gasteiger partial charge is 0.497 e. The van der Waals surface area contributed by atoms with Crippen LogP contribution in [-0.2, 0) is 20.3 Å². The first-order valence-corrected chi connectivity index (χ1v) is 9.29. The molecule has 0 amide bonds. The molecule has 0 saturated carbocycles. The zero-order chi connectivity index (χ0) is 21.0. The number of benzene rings is 2. The van der Waals surface area contributed by atoms with Crippen LogP contribution in [0, 0.1) is 4.77 Å². The molecule has 0 aliphatic rings. The minimum Gasteiger partial charge on any atom is -0.497 e. The fraction of sp³-hybridized carbons (Fsp3) is 0.300.